The van der Waals surface area contributed by atoms with E-state index in [0.717, 1.165) is 58.4 Å². The van der Waals surface area contributed by atoms with E-state index in [1.54, 1.807) is 7.11 Å². The Kier molecular flexibility index (Phi) is 12.2. The molecule has 2 N–H and O–H groups in total. The third-order valence-electron chi connectivity index (χ3n) is 4.54. The summed E-state index contributed by atoms with van der Waals surface area (Å²) in [5.74, 6) is 1.42. The molecule has 1 atom stereocenters. The number of hydrogen-bond donors (Lipinski definition) is 2. The number of methoxy groups -OCH3 is 1. The molecule has 0 aromatic heterocycles. The summed E-state index contributed by atoms with van der Waals surface area (Å²) in [6.07, 6.45) is 1.17. The molecule has 2 fully saturated rings. The molecule has 1 amide bonds. The Bertz CT molecular complexity index is 433. The first kappa shape index (κ1) is 23.4. The minimum atomic E-state index is -0.0727. The van der Waals surface area contributed by atoms with Crippen LogP contribution in [0.25, 0.3) is 0 Å². The lowest BCUT2D eigenvalue weighted by Crippen LogP contribution is -2.43. The molecular formula is C17H34IN5O3. The maximum absolute atomic E-state index is 11.8. The van der Waals surface area contributed by atoms with Crippen LogP contribution in [0.3, 0.4) is 0 Å². The average Bonchev–Trinajstić information content (AvgIpc) is 3.08. The van der Waals surface area contributed by atoms with Gasteiger partial charge in [-0.05, 0) is 19.3 Å². The summed E-state index contributed by atoms with van der Waals surface area (Å²) in [5, 5.41) is 6.11. The Morgan fingerprint density at radius 2 is 2.04 bits per heavy atom. The van der Waals surface area contributed by atoms with E-state index in [1.807, 2.05) is 0 Å². The SMILES string of the molecule is CCNC(=NCC(=O)NCCOC)N1CCC(CN2CCOCC2)C1.I. The van der Waals surface area contributed by atoms with Crippen molar-refractivity contribution in [3.63, 3.8) is 0 Å². The number of nitrogens with one attached hydrogen (secondary N) is 2. The van der Waals surface area contributed by atoms with Crippen molar-refractivity contribution in [2.45, 2.75) is 13.3 Å². The second kappa shape index (κ2) is 13.5. The highest BCUT2D eigenvalue weighted by Gasteiger charge is 2.27. The molecule has 2 saturated heterocycles. The first-order valence-electron chi connectivity index (χ1n) is 9.32. The lowest BCUT2D eigenvalue weighted by Gasteiger charge is -2.29. The molecule has 0 spiro atoms. The van der Waals surface area contributed by atoms with E-state index in [1.165, 1.54) is 6.42 Å². The van der Waals surface area contributed by atoms with Crippen LogP contribution in [-0.4, -0.2) is 101 Å². The third-order valence-corrected chi connectivity index (χ3v) is 4.54. The van der Waals surface area contributed by atoms with Crippen LogP contribution in [0.2, 0.25) is 0 Å². The molecule has 9 heteroatoms. The van der Waals surface area contributed by atoms with Gasteiger partial charge >= 0.3 is 0 Å². The van der Waals surface area contributed by atoms with Crippen LogP contribution in [0, 0.1) is 5.92 Å². The van der Waals surface area contributed by atoms with Gasteiger partial charge in [-0.1, -0.05) is 0 Å². The Balaban J connectivity index is 0.00000338. The number of guanidine groups is 1. The number of halogens is 1. The number of carbonyl (C=O) groups is 1. The quantitative estimate of drug-likeness (QED) is 0.219. The number of morpholine rings is 1. The lowest BCUT2D eigenvalue weighted by molar-refractivity contribution is -0.119. The normalized spacial score (nSPS) is 21.4. The molecule has 26 heavy (non-hydrogen) atoms. The molecule has 0 aromatic carbocycles. The summed E-state index contributed by atoms with van der Waals surface area (Å²) >= 11 is 0. The van der Waals surface area contributed by atoms with Crippen LogP contribution >= 0.6 is 24.0 Å². The molecule has 0 saturated carbocycles. The first-order chi connectivity index (χ1) is 12.2. The molecule has 0 aromatic rings. The van der Waals surface area contributed by atoms with Gasteiger partial charge in [0.05, 0.1) is 19.8 Å². The molecule has 0 radical (unpaired) electrons. The van der Waals surface area contributed by atoms with Crippen molar-refractivity contribution in [3.05, 3.63) is 0 Å². The van der Waals surface area contributed by atoms with Crippen molar-refractivity contribution in [1.29, 1.82) is 0 Å². The molecular weight excluding hydrogens is 449 g/mol. The van der Waals surface area contributed by atoms with Crippen molar-refractivity contribution in [1.82, 2.24) is 20.4 Å². The van der Waals surface area contributed by atoms with Crippen molar-refractivity contribution < 1.29 is 14.3 Å². The summed E-state index contributed by atoms with van der Waals surface area (Å²) in [6, 6.07) is 0. The van der Waals surface area contributed by atoms with Crippen LogP contribution in [0.4, 0.5) is 0 Å². The second-order valence-electron chi connectivity index (χ2n) is 6.53. The number of aliphatic imine (C=N–C) groups is 1. The van der Waals surface area contributed by atoms with E-state index >= 15 is 0 Å². The molecule has 2 aliphatic heterocycles. The summed E-state index contributed by atoms with van der Waals surface area (Å²) < 4.78 is 10.3. The first-order valence-corrected chi connectivity index (χ1v) is 9.32. The molecule has 2 heterocycles. The highest BCUT2D eigenvalue weighted by atomic mass is 127. The highest BCUT2D eigenvalue weighted by Crippen LogP contribution is 2.18. The summed E-state index contributed by atoms with van der Waals surface area (Å²) in [4.78, 5) is 21.1. The van der Waals surface area contributed by atoms with Gasteiger partial charge in [-0.2, -0.15) is 0 Å². The molecule has 0 aliphatic carbocycles. The maximum atomic E-state index is 11.8. The lowest BCUT2D eigenvalue weighted by atomic mass is 10.1. The predicted molar refractivity (Wildman–Crippen MR) is 113 cm³/mol. The van der Waals surface area contributed by atoms with Crippen molar-refractivity contribution in [2.75, 3.05) is 79.3 Å². The van der Waals surface area contributed by atoms with Crippen LogP contribution in [0.1, 0.15) is 13.3 Å². The average molecular weight is 483 g/mol. The maximum Gasteiger partial charge on any atom is 0.241 e. The number of carbonyl (C=O) groups excluding carboxylic acids is 1. The monoisotopic (exact) mass is 483 g/mol. The zero-order valence-electron chi connectivity index (χ0n) is 16.0. The minimum Gasteiger partial charge on any atom is -0.383 e. The fourth-order valence-corrected chi connectivity index (χ4v) is 3.24. The summed E-state index contributed by atoms with van der Waals surface area (Å²) in [7, 11) is 1.62. The minimum absolute atomic E-state index is 0. The number of amides is 1. The van der Waals surface area contributed by atoms with E-state index in [9.17, 15) is 4.79 Å². The Labute approximate surface area is 174 Å². The fraction of sp³-hybridized carbons (Fsp3) is 0.882. The highest BCUT2D eigenvalue weighted by molar-refractivity contribution is 14.0. The van der Waals surface area contributed by atoms with E-state index < -0.39 is 0 Å². The largest absolute Gasteiger partial charge is 0.383 e. The van der Waals surface area contributed by atoms with Crippen molar-refractivity contribution in [2.24, 2.45) is 10.9 Å². The van der Waals surface area contributed by atoms with Gasteiger partial charge in [-0.3, -0.25) is 9.69 Å². The van der Waals surface area contributed by atoms with Crippen LogP contribution in [0.5, 0.6) is 0 Å². The van der Waals surface area contributed by atoms with Crippen molar-refractivity contribution in [3.8, 4) is 0 Å². The van der Waals surface area contributed by atoms with Gasteiger partial charge in [-0.15, -0.1) is 24.0 Å². The van der Waals surface area contributed by atoms with Crippen LogP contribution in [-0.2, 0) is 14.3 Å². The molecule has 1 unspecified atom stereocenters. The van der Waals surface area contributed by atoms with E-state index in [4.69, 9.17) is 9.47 Å². The van der Waals surface area contributed by atoms with Crippen molar-refractivity contribution >= 4 is 35.8 Å². The number of rotatable bonds is 8. The van der Waals surface area contributed by atoms with Gasteiger partial charge in [0.1, 0.15) is 6.54 Å². The number of ether oxygens (including phenoxy) is 2. The smallest absolute Gasteiger partial charge is 0.241 e. The number of hydrogen-bond acceptors (Lipinski definition) is 5. The van der Waals surface area contributed by atoms with Gasteiger partial charge in [-0.25, -0.2) is 4.99 Å². The Morgan fingerprint density at radius 1 is 1.27 bits per heavy atom. The van der Waals surface area contributed by atoms with E-state index in [0.29, 0.717) is 19.1 Å². The molecule has 2 rings (SSSR count). The van der Waals surface area contributed by atoms with E-state index in [-0.39, 0.29) is 36.4 Å². The van der Waals surface area contributed by atoms with Crippen LogP contribution in [0.15, 0.2) is 4.99 Å². The third kappa shape index (κ3) is 8.36. The zero-order valence-corrected chi connectivity index (χ0v) is 18.4. The topological polar surface area (TPSA) is 78.4 Å². The van der Waals surface area contributed by atoms with Gasteiger partial charge in [0.25, 0.3) is 0 Å². The van der Waals surface area contributed by atoms with Gasteiger partial charge in [0.15, 0.2) is 5.96 Å². The Hall–Kier alpha value is -0.650. The predicted octanol–water partition coefficient (Wildman–Crippen LogP) is -0.0134. The molecule has 0 bridgehead atoms. The molecule has 2 aliphatic rings. The number of nitrogens with zero attached hydrogens (tertiary/aromatic N) is 3. The second-order valence-corrected chi connectivity index (χ2v) is 6.53. The molecule has 152 valence electrons. The number of likely N-dealkylation sites (tertiary alicyclic amines) is 1. The molecule has 8 nitrogen and oxygen atoms in total. The van der Waals surface area contributed by atoms with E-state index in [2.05, 4.69) is 32.3 Å². The van der Waals surface area contributed by atoms with Crippen LogP contribution < -0.4 is 10.6 Å². The zero-order chi connectivity index (χ0) is 17.9. The Morgan fingerprint density at radius 3 is 2.73 bits per heavy atom. The van der Waals surface area contributed by atoms with Gasteiger partial charge in [0.2, 0.25) is 5.91 Å². The summed E-state index contributed by atoms with van der Waals surface area (Å²) in [6.45, 7) is 10.9. The van der Waals surface area contributed by atoms with Gasteiger partial charge < -0.3 is 25.0 Å². The summed E-state index contributed by atoms with van der Waals surface area (Å²) in [5.41, 5.74) is 0. The van der Waals surface area contributed by atoms with Gasteiger partial charge in [0, 0.05) is 52.9 Å². The fourth-order valence-electron chi connectivity index (χ4n) is 3.24. The standard InChI is InChI=1S/C17H33N5O3.HI/c1-3-18-17(20-12-16(23)19-5-9-24-2)22-6-4-15(14-22)13-21-7-10-25-11-8-21;/h15H,3-14H2,1-2H3,(H,18,20)(H,19,23);1H.